The first-order valence-corrected chi connectivity index (χ1v) is 12.0. The predicted octanol–water partition coefficient (Wildman–Crippen LogP) is 3.67. The average molecular weight is 331 g/mol. The maximum absolute atomic E-state index is 6.57. The van der Waals surface area contributed by atoms with Gasteiger partial charge in [0.15, 0.2) is 14.1 Å². The topological polar surface area (TPSA) is 40.2 Å². The van der Waals surface area contributed by atoms with Crippen LogP contribution in [-0.4, -0.2) is 45.6 Å². The van der Waals surface area contributed by atoms with Gasteiger partial charge in [0.2, 0.25) is 0 Å². The van der Waals surface area contributed by atoms with Gasteiger partial charge in [0, 0.05) is 17.8 Å². The summed E-state index contributed by atoms with van der Waals surface area (Å²) < 4.78 is 24.2. The Morgan fingerprint density at radius 1 is 1.09 bits per heavy atom. The number of hydrogen-bond acceptors (Lipinski definition) is 4. The van der Waals surface area contributed by atoms with Crippen molar-refractivity contribution in [2.24, 2.45) is 17.8 Å². The molecule has 0 unspecified atom stereocenters. The number of hydrogen-bond donors (Lipinski definition) is 0. The molecule has 2 rings (SSSR count). The van der Waals surface area contributed by atoms with E-state index in [1.54, 1.807) is 0 Å². The van der Waals surface area contributed by atoms with Crippen molar-refractivity contribution in [2.75, 3.05) is 13.2 Å². The molecule has 0 radical (unpaired) electrons. The van der Waals surface area contributed by atoms with Crippen molar-refractivity contribution in [1.29, 1.82) is 0 Å². The average Bonchev–Trinajstić information content (AvgIpc) is 3.20. The molecule has 0 N–H and O–H groups in total. The van der Waals surface area contributed by atoms with Gasteiger partial charge in [-0.1, -0.05) is 20.8 Å². The van der Waals surface area contributed by atoms with Crippen molar-refractivity contribution < 1.29 is 18.6 Å². The molecule has 0 spiro atoms. The van der Waals surface area contributed by atoms with Crippen molar-refractivity contribution in [3.8, 4) is 0 Å². The van der Waals surface area contributed by atoms with E-state index in [1.807, 2.05) is 13.8 Å². The fraction of sp³-hybridized carbons (Fsp3) is 1.00. The van der Waals surface area contributed by atoms with Crippen LogP contribution in [0.2, 0.25) is 19.6 Å². The summed E-state index contributed by atoms with van der Waals surface area (Å²) in [6.45, 7) is 19.1. The highest BCUT2D eigenvalue weighted by Gasteiger charge is 2.45. The van der Waals surface area contributed by atoms with Crippen LogP contribution in [0.3, 0.4) is 0 Å². The quantitative estimate of drug-likeness (QED) is 0.550. The number of ether oxygens (including phenoxy) is 3. The Bertz CT molecular complexity index is 375. The van der Waals surface area contributed by atoms with Crippen molar-refractivity contribution in [3.05, 3.63) is 0 Å². The number of rotatable bonds is 6. The molecule has 2 fully saturated rings. The molecule has 5 heteroatoms. The van der Waals surface area contributed by atoms with Crippen LogP contribution in [0.1, 0.15) is 34.6 Å². The molecule has 0 amide bonds. The molecule has 2 aliphatic heterocycles. The van der Waals surface area contributed by atoms with Crippen molar-refractivity contribution in [3.63, 3.8) is 0 Å². The molecule has 6 atom stereocenters. The van der Waals surface area contributed by atoms with E-state index in [4.69, 9.17) is 18.6 Å². The van der Waals surface area contributed by atoms with Gasteiger partial charge in [-0.15, -0.1) is 0 Å². The minimum Gasteiger partial charge on any atom is -0.414 e. The molecule has 0 aromatic rings. The Morgan fingerprint density at radius 3 is 2.18 bits per heavy atom. The lowest BCUT2D eigenvalue weighted by molar-refractivity contribution is -0.304. The van der Waals surface area contributed by atoms with Crippen molar-refractivity contribution in [1.82, 2.24) is 0 Å². The third-order valence-electron chi connectivity index (χ3n) is 4.66. The maximum Gasteiger partial charge on any atom is 0.184 e. The fourth-order valence-corrected chi connectivity index (χ4v) is 4.64. The SMILES string of the molecule is C[C@H]([C@H](O[Si](C)(C)C)[C@@H](C)[C@H]1CO1)[C@H]1OC(C)(C)OC[C@H]1C. The van der Waals surface area contributed by atoms with E-state index in [0.717, 1.165) is 13.2 Å². The fourth-order valence-electron chi connectivity index (χ4n) is 3.39. The van der Waals surface area contributed by atoms with Gasteiger partial charge in [-0.2, -0.15) is 0 Å². The highest BCUT2D eigenvalue weighted by atomic mass is 28.4. The Labute approximate surface area is 137 Å². The second-order valence-electron chi connectivity index (χ2n) is 8.56. The van der Waals surface area contributed by atoms with E-state index in [-0.39, 0.29) is 12.2 Å². The molecule has 0 saturated carbocycles. The summed E-state index contributed by atoms with van der Waals surface area (Å²) in [7, 11) is -1.63. The normalized spacial score (nSPS) is 35.7. The van der Waals surface area contributed by atoms with Crippen LogP contribution in [0, 0.1) is 17.8 Å². The second kappa shape index (κ2) is 6.52. The number of epoxide rings is 1. The molecule has 0 aromatic heterocycles. The minimum absolute atomic E-state index is 0.159. The van der Waals surface area contributed by atoms with Gasteiger partial charge < -0.3 is 18.6 Å². The zero-order valence-corrected chi connectivity index (χ0v) is 16.5. The highest BCUT2D eigenvalue weighted by molar-refractivity contribution is 6.69. The first-order valence-electron chi connectivity index (χ1n) is 8.61. The summed E-state index contributed by atoms with van der Waals surface area (Å²) in [4.78, 5) is 0. The molecule has 0 bridgehead atoms. The van der Waals surface area contributed by atoms with Crippen LogP contribution in [-0.2, 0) is 18.6 Å². The molecule has 0 aliphatic carbocycles. The molecular formula is C17H34O4Si. The Kier molecular flexibility index (Phi) is 5.45. The molecule has 4 nitrogen and oxygen atoms in total. The van der Waals surface area contributed by atoms with Crippen LogP contribution in [0.5, 0.6) is 0 Å². The van der Waals surface area contributed by atoms with Crippen LogP contribution in [0.25, 0.3) is 0 Å². The summed E-state index contributed by atoms with van der Waals surface area (Å²) in [5.74, 6) is 0.602. The molecule has 2 saturated heterocycles. The van der Waals surface area contributed by atoms with Crippen molar-refractivity contribution >= 4 is 8.32 Å². The minimum atomic E-state index is -1.63. The van der Waals surface area contributed by atoms with Crippen LogP contribution < -0.4 is 0 Å². The molecule has 2 heterocycles. The lowest BCUT2D eigenvalue weighted by atomic mass is 9.82. The Balaban J connectivity index is 2.14. The maximum atomic E-state index is 6.57. The zero-order chi connectivity index (χ0) is 16.7. The summed E-state index contributed by atoms with van der Waals surface area (Å²) in [5.41, 5.74) is 0. The zero-order valence-electron chi connectivity index (χ0n) is 15.5. The van der Waals surface area contributed by atoms with Gasteiger partial charge >= 0.3 is 0 Å². The van der Waals surface area contributed by atoms with Crippen LogP contribution in [0.4, 0.5) is 0 Å². The van der Waals surface area contributed by atoms with E-state index >= 15 is 0 Å². The summed E-state index contributed by atoms with van der Waals surface area (Å²) in [6, 6.07) is 0. The molecule has 130 valence electrons. The lowest BCUT2D eigenvalue weighted by Gasteiger charge is -2.46. The predicted molar refractivity (Wildman–Crippen MR) is 90.4 cm³/mol. The van der Waals surface area contributed by atoms with E-state index in [1.165, 1.54) is 0 Å². The standard InChI is InChI=1S/C17H34O4Si/c1-11-9-19-17(4,5)20-15(11)13(3)16(21-22(6,7)8)12(2)14-10-18-14/h11-16H,9-10H2,1-8H3/t11-,12+,13+,14-,15+,16-/m1/s1. The Morgan fingerprint density at radius 2 is 1.68 bits per heavy atom. The summed E-state index contributed by atoms with van der Waals surface area (Å²) >= 11 is 0. The summed E-state index contributed by atoms with van der Waals surface area (Å²) in [6.07, 6.45) is 0.693. The largest absolute Gasteiger partial charge is 0.414 e. The van der Waals surface area contributed by atoms with E-state index < -0.39 is 14.1 Å². The molecular weight excluding hydrogens is 296 g/mol. The molecule has 2 aliphatic rings. The van der Waals surface area contributed by atoms with Crippen molar-refractivity contribution in [2.45, 2.75) is 78.4 Å². The van der Waals surface area contributed by atoms with Gasteiger partial charge in [-0.05, 0) is 33.5 Å². The smallest absolute Gasteiger partial charge is 0.184 e. The third-order valence-corrected chi connectivity index (χ3v) is 5.64. The third kappa shape index (κ3) is 4.77. The first-order chi connectivity index (χ1) is 10.0. The monoisotopic (exact) mass is 330 g/mol. The second-order valence-corrected chi connectivity index (χ2v) is 13.0. The van der Waals surface area contributed by atoms with Gasteiger partial charge in [0.05, 0.1) is 31.5 Å². The van der Waals surface area contributed by atoms with Crippen LogP contribution >= 0.6 is 0 Å². The molecule has 22 heavy (non-hydrogen) atoms. The van der Waals surface area contributed by atoms with Gasteiger partial charge in [-0.25, -0.2) is 0 Å². The van der Waals surface area contributed by atoms with E-state index in [2.05, 4.69) is 40.4 Å². The molecule has 0 aromatic carbocycles. The van der Waals surface area contributed by atoms with Crippen LogP contribution in [0.15, 0.2) is 0 Å². The highest BCUT2D eigenvalue weighted by Crippen LogP contribution is 2.37. The van der Waals surface area contributed by atoms with Gasteiger partial charge in [-0.3, -0.25) is 0 Å². The lowest BCUT2D eigenvalue weighted by Crippen LogP contribution is -2.52. The Hall–Kier alpha value is 0.0569. The van der Waals surface area contributed by atoms with Gasteiger partial charge in [0.1, 0.15) is 0 Å². The van der Waals surface area contributed by atoms with E-state index in [0.29, 0.717) is 23.9 Å². The first kappa shape index (κ1) is 18.4. The summed E-state index contributed by atoms with van der Waals surface area (Å²) in [5, 5.41) is 0. The van der Waals surface area contributed by atoms with E-state index in [9.17, 15) is 0 Å². The van der Waals surface area contributed by atoms with Gasteiger partial charge in [0.25, 0.3) is 0 Å².